The molecule has 0 aliphatic carbocycles. The molecule has 0 aliphatic heterocycles. The molecule has 0 unspecified atom stereocenters. The molecule has 0 aromatic carbocycles. The van der Waals surface area contributed by atoms with E-state index in [2.05, 4.69) is 10.3 Å². The second-order valence-corrected chi connectivity index (χ2v) is 4.08. The maximum Gasteiger partial charge on any atom is 0.254 e. The van der Waals surface area contributed by atoms with Crippen LogP contribution >= 0.6 is 0 Å². The fourth-order valence-electron chi connectivity index (χ4n) is 1.21. The molecule has 1 heterocycles. The Morgan fingerprint density at radius 1 is 1.59 bits per heavy atom. The highest BCUT2D eigenvalue weighted by Crippen LogP contribution is 2.03. The number of carbonyl (C=O) groups is 1. The van der Waals surface area contributed by atoms with Crippen LogP contribution in [0, 0.1) is 11.7 Å². The minimum Gasteiger partial charge on any atom is -0.379 e. The lowest BCUT2D eigenvalue weighted by Gasteiger charge is -2.08. The van der Waals surface area contributed by atoms with Crippen molar-refractivity contribution in [2.75, 3.05) is 19.8 Å². The van der Waals surface area contributed by atoms with E-state index >= 15 is 0 Å². The zero-order valence-corrected chi connectivity index (χ0v) is 10.1. The van der Waals surface area contributed by atoms with E-state index in [0.717, 1.165) is 6.20 Å². The summed E-state index contributed by atoms with van der Waals surface area (Å²) in [4.78, 5) is 15.1. The Labute approximate surface area is 100 Å². The van der Waals surface area contributed by atoms with Crippen LogP contribution in [0.3, 0.4) is 0 Å². The molecule has 1 aromatic heterocycles. The van der Waals surface area contributed by atoms with Crippen molar-refractivity contribution >= 4 is 5.91 Å². The lowest BCUT2D eigenvalue weighted by molar-refractivity contribution is 0.0882. The molecular formula is C12H17FN2O2. The normalized spacial score (nSPS) is 10.6. The molecule has 0 atom stereocenters. The molecule has 4 nitrogen and oxygen atoms in total. The predicted molar refractivity (Wildman–Crippen MR) is 62.2 cm³/mol. The van der Waals surface area contributed by atoms with Gasteiger partial charge in [-0.15, -0.1) is 0 Å². The van der Waals surface area contributed by atoms with Gasteiger partial charge < -0.3 is 10.1 Å². The fourth-order valence-corrected chi connectivity index (χ4v) is 1.21. The molecule has 0 saturated heterocycles. The number of hydrogen-bond donors (Lipinski definition) is 1. The van der Waals surface area contributed by atoms with E-state index in [1.54, 1.807) is 0 Å². The molecule has 5 heteroatoms. The number of pyridine rings is 1. The lowest BCUT2D eigenvalue weighted by Crippen LogP contribution is -2.28. The number of carbonyl (C=O) groups excluding carboxylic acids is 1. The van der Waals surface area contributed by atoms with Crippen molar-refractivity contribution in [1.82, 2.24) is 10.3 Å². The van der Waals surface area contributed by atoms with Gasteiger partial charge in [-0.2, -0.15) is 0 Å². The first-order valence-corrected chi connectivity index (χ1v) is 5.56. The molecule has 94 valence electrons. The zero-order chi connectivity index (χ0) is 12.7. The van der Waals surface area contributed by atoms with E-state index in [1.807, 2.05) is 13.8 Å². The average Bonchev–Trinajstić information content (AvgIpc) is 2.28. The third kappa shape index (κ3) is 4.91. The molecule has 0 radical (unpaired) electrons. The van der Waals surface area contributed by atoms with Crippen molar-refractivity contribution in [2.45, 2.75) is 13.8 Å². The first-order chi connectivity index (χ1) is 8.11. The predicted octanol–water partition coefficient (Wildman–Crippen LogP) is 1.62. The number of nitrogens with zero attached hydrogens (tertiary/aromatic N) is 1. The fraction of sp³-hybridized carbons (Fsp3) is 0.500. The number of amides is 1. The van der Waals surface area contributed by atoms with Crippen LogP contribution in [0.5, 0.6) is 0 Å². The van der Waals surface area contributed by atoms with Crippen LogP contribution in [0.25, 0.3) is 0 Å². The smallest absolute Gasteiger partial charge is 0.254 e. The highest BCUT2D eigenvalue weighted by molar-refractivity contribution is 5.94. The van der Waals surface area contributed by atoms with E-state index in [-0.39, 0.29) is 5.56 Å². The minimum absolute atomic E-state index is 0.00357. The van der Waals surface area contributed by atoms with Crippen LogP contribution < -0.4 is 5.32 Å². The Bertz CT molecular complexity index is 369. The monoisotopic (exact) mass is 240 g/mol. The second-order valence-electron chi connectivity index (χ2n) is 4.08. The first kappa shape index (κ1) is 13.6. The Hall–Kier alpha value is -1.49. The third-order valence-electron chi connectivity index (χ3n) is 2.00. The Balaban J connectivity index is 2.29. The van der Waals surface area contributed by atoms with Crippen LogP contribution in [0.15, 0.2) is 18.5 Å². The van der Waals surface area contributed by atoms with Crippen molar-refractivity contribution in [2.24, 2.45) is 5.92 Å². The van der Waals surface area contributed by atoms with Gasteiger partial charge in [0.05, 0.1) is 18.4 Å². The van der Waals surface area contributed by atoms with Crippen LogP contribution in [0.2, 0.25) is 0 Å². The third-order valence-corrected chi connectivity index (χ3v) is 2.00. The molecule has 17 heavy (non-hydrogen) atoms. The summed E-state index contributed by atoms with van der Waals surface area (Å²) in [5, 5.41) is 2.58. The van der Waals surface area contributed by atoms with Gasteiger partial charge >= 0.3 is 0 Å². The molecule has 0 spiro atoms. The van der Waals surface area contributed by atoms with Crippen LogP contribution in [-0.2, 0) is 4.74 Å². The zero-order valence-electron chi connectivity index (χ0n) is 10.1. The highest BCUT2D eigenvalue weighted by Gasteiger charge is 2.10. The number of nitrogens with one attached hydrogen (secondary N) is 1. The molecule has 1 aromatic rings. The second kappa shape index (κ2) is 6.96. The van der Waals surface area contributed by atoms with Crippen molar-refractivity contribution in [3.05, 3.63) is 29.8 Å². The largest absolute Gasteiger partial charge is 0.379 e. The summed E-state index contributed by atoms with van der Waals surface area (Å²) in [7, 11) is 0. The summed E-state index contributed by atoms with van der Waals surface area (Å²) >= 11 is 0. The number of aromatic nitrogens is 1. The molecule has 1 rings (SSSR count). The Morgan fingerprint density at radius 2 is 2.35 bits per heavy atom. The minimum atomic E-state index is -0.618. The van der Waals surface area contributed by atoms with Gasteiger partial charge in [-0.05, 0) is 12.0 Å². The number of halogens is 1. The topological polar surface area (TPSA) is 51.2 Å². The van der Waals surface area contributed by atoms with E-state index in [1.165, 1.54) is 12.3 Å². The Morgan fingerprint density at radius 3 is 3.00 bits per heavy atom. The van der Waals surface area contributed by atoms with Crippen molar-refractivity contribution < 1.29 is 13.9 Å². The number of ether oxygens (including phenoxy) is 1. The number of hydrogen-bond acceptors (Lipinski definition) is 3. The van der Waals surface area contributed by atoms with Gasteiger partial charge in [-0.25, -0.2) is 4.39 Å². The van der Waals surface area contributed by atoms with Gasteiger partial charge in [-0.3, -0.25) is 9.78 Å². The molecule has 0 fully saturated rings. The number of rotatable bonds is 6. The van der Waals surface area contributed by atoms with Crippen molar-refractivity contribution in [3.8, 4) is 0 Å². The SMILES string of the molecule is CC(C)COCCNC(=O)c1ccncc1F. The summed E-state index contributed by atoms with van der Waals surface area (Å²) in [5.41, 5.74) is 0.00357. The van der Waals surface area contributed by atoms with Crippen LogP contribution in [0.4, 0.5) is 4.39 Å². The van der Waals surface area contributed by atoms with E-state index < -0.39 is 11.7 Å². The molecule has 1 amide bonds. The van der Waals surface area contributed by atoms with Gasteiger partial charge in [0.15, 0.2) is 5.82 Å². The Kier molecular flexibility index (Phi) is 5.56. The quantitative estimate of drug-likeness (QED) is 0.769. The van der Waals surface area contributed by atoms with Gasteiger partial charge in [0.25, 0.3) is 5.91 Å². The van der Waals surface area contributed by atoms with Gasteiger partial charge in [-0.1, -0.05) is 13.8 Å². The summed E-state index contributed by atoms with van der Waals surface area (Å²) in [6.07, 6.45) is 2.40. The molecule has 1 N–H and O–H groups in total. The van der Waals surface area contributed by atoms with E-state index in [9.17, 15) is 9.18 Å². The van der Waals surface area contributed by atoms with Crippen molar-refractivity contribution in [3.63, 3.8) is 0 Å². The van der Waals surface area contributed by atoms with Crippen LogP contribution in [0.1, 0.15) is 24.2 Å². The van der Waals surface area contributed by atoms with Crippen molar-refractivity contribution in [1.29, 1.82) is 0 Å². The summed E-state index contributed by atoms with van der Waals surface area (Å²) in [6.45, 7) is 5.54. The summed E-state index contributed by atoms with van der Waals surface area (Å²) in [6, 6.07) is 1.35. The molecule has 0 bridgehead atoms. The van der Waals surface area contributed by atoms with Gasteiger partial charge in [0.1, 0.15) is 0 Å². The van der Waals surface area contributed by atoms with E-state index in [0.29, 0.717) is 25.7 Å². The summed E-state index contributed by atoms with van der Waals surface area (Å²) in [5.74, 6) is -0.602. The van der Waals surface area contributed by atoms with Gasteiger partial charge in [0, 0.05) is 19.3 Å². The molecular weight excluding hydrogens is 223 g/mol. The maximum atomic E-state index is 13.2. The first-order valence-electron chi connectivity index (χ1n) is 5.56. The maximum absolute atomic E-state index is 13.2. The lowest BCUT2D eigenvalue weighted by atomic mass is 10.2. The van der Waals surface area contributed by atoms with Gasteiger partial charge in [0.2, 0.25) is 0 Å². The average molecular weight is 240 g/mol. The standard InChI is InChI=1S/C12H17FN2O2/c1-9(2)8-17-6-5-15-12(16)10-3-4-14-7-11(10)13/h3-4,7,9H,5-6,8H2,1-2H3,(H,15,16). The molecule has 0 saturated carbocycles. The highest BCUT2D eigenvalue weighted by atomic mass is 19.1. The van der Waals surface area contributed by atoms with Crippen LogP contribution in [-0.4, -0.2) is 30.6 Å². The summed E-state index contributed by atoms with van der Waals surface area (Å²) < 4.78 is 18.5. The molecule has 0 aliphatic rings. The van der Waals surface area contributed by atoms with E-state index in [4.69, 9.17) is 4.74 Å².